The molecule has 0 aliphatic carbocycles. The van der Waals surface area contributed by atoms with Crippen molar-refractivity contribution in [2.75, 3.05) is 0 Å². The Kier molecular flexibility index (Phi) is 4.50. The molecule has 0 unspecified atom stereocenters. The molecule has 19 heavy (non-hydrogen) atoms. The molecule has 0 saturated carbocycles. The molecule has 1 heterocycles. The fourth-order valence-corrected chi connectivity index (χ4v) is 2.11. The summed E-state index contributed by atoms with van der Waals surface area (Å²) < 4.78 is 0.805. The molecule has 1 aromatic heterocycles. The fraction of sp³-hybridized carbons (Fsp3) is 0.154. The first-order chi connectivity index (χ1) is 9.06. The summed E-state index contributed by atoms with van der Waals surface area (Å²) in [4.78, 5) is 20.1. The van der Waals surface area contributed by atoms with E-state index in [1.165, 1.54) is 6.33 Å². The molecular formula is C13H11BrClN3O. The van der Waals surface area contributed by atoms with E-state index in [2.05, 4.69) is 31.2 Å². The Balaban J connectivity index is 2.07. The van der Waals surface area contributed by atoms with Crippen LogP contribution >= 0.6 is 27.5 Å². The number of nitrogens with zero attached hydrogens (tertiary/aromatic N) is 2. The van der Waals surface area contributed by atoms with Gasteiger partial charge in [-0.3, -0.25) is 4.79 Å². The quantitative estimate of drug-likeness (QED) is 0.934. The van der Waals surface area contributed by atoms with Crippen LogP contribution in [0.1, 0.15) is 21.7 Å². The number of nitrogens with one attached hydrogen (secondary N) is 1. The maximum absolute atomic E-state index is 12.0. The molecule has 0 spiro atoms. The minimum atomic E-state index is -0.234. The monoisotopic (exact) mass is 339 g/mol. The maximum Gasteiger partial charge on any atom is 0.253 e. The Hall–Kier alpha value is -1.46. The van der Waals surface area contributed by atoms with Gasteiger partial charge in [0, 0.05) is 10.2 Å². The van der Waals surface area contributed by atoms with E-state index in [4.69, 9.17) is 11.6 Å². The number of carbonyl (C=O) groups is 1. The number of aromatic nitrogens is 2. The molecule has 2 aromatic rings. The summed E-state index contributed by atoms with van der Waals surface area (Å²) in [5, 5.41) is 3.19. The third kappa shape index (κ3) is 3.75. The van der Waals surface area contributed by atoms with Gasteiger partial charge >= 0.3 is 0 Å². The zero-order chi connectivity index (χ0) is 13.8. The minimum Gasteiger partial charge on any atom is -0.346 e. The van der Waals surface area contributed by atoms with Gasteiger partial charge in [0.25, 0.3) is 5.91 Å². The fourth-order valence-electron chi connectivity index (χ4n) is 1.54. The molecule has 1 amide bonds. The van der Waals surface area contributed by atoms with Gasteiger partial charge in [-0.1, -0.05) is 27.5 Å². The van der Waals surface area contributed by atoms with E-state index >= 15 is 0 Å². The Morgan fingerprint density at radius 3 is 2.89 bits per heavy atom. The Bertz CT molecular complexity index is 619. The lowest BCUT2D eigenvalue weighted by molar-refractivity contribution is 0.0950. The lowest BCUT2D eigenvalue weighted by atomic mass is 10.2. The minimum absolute atomic E-state index is 0.234. The standard InChI is InChI=1S/C13H11BrClN3O/c1-8-4-10(18-7-17-8)6-16-13(19)11-5-9(14)2-3-12(11)15/h2-5,7H,6H2,1H3,(H,16,19). The molecule has 2 rings (SSSR count). The van der Waals surface area contributed by atoms with Gasteiger partial charge in [-0.2, -0.15) is 0 Å². The van der Waals surface area contributed by atoms with Gasteiger partial charge in [0.05, 0.1) is 22.8 Å². The van der Waals surface area contributed by atoms with E-state index in [1.807, 2.05) is 13.0 Å². The first kappa shape index (κ1) is 14.0. The topological polar surface area (TPSA) is 54.9 Å². The van der Waals surface area contributed by atoms with Gasteiger partial charge in [-0.15, -0.1) is 0 Å². The second-order valence-electron chi connectivity index (χ2n) is 3.96. The summed E-state index contributed by atoms with van der Waals surface area (Å²) in [5.74, 6) is -0.234. The van der Waals surface area contributed by atoms with Crippen LogP contribution in [0, 0.1) is 6.92 Å². The average molecular weight is 341 g/mol. The highest BCUT2D eigenvalue weighted by Crippen LogP contribution is 2.20. The van der Waals surface area contributed by atoms with Gasteiger partial charge in [-0.05, 0) is 31.2 Å². The van der Waals surface area contributed by atoms with Gasteiger partial charge in [-0.25, -0.2) is 9.97 Å². The molecule has 0 aliphatic rings. The molecule has 0 bridgehead atoms. The molecule has 0 aliphatic heterocycles. The highest BCUT2D eigenvalue weighted by atomic mass is 79.9. The molecule has 0 atom stereocenters. The largest absolute Gasteiger partial charge is 0.346 e. The summed E-state index contributed by atoms with van der Waals surface area (Å²) in [7, 11) is 0. The van der Waals surface area contributed by atoms with Crippen molar-refractivity contribution < 1.29 is 4.79 Å². The molecular weight excluding hydrogens is 330 g/mol. The summed E-state index contributed by atoms with van der Waals surface area (Å²) in [6.45, 7) is 2.21. The van der Waals surface area contributed by atoms with E-state index in [0.717, 1.165) is 15.9 Å². The van der Waals surface area contributed by atoms with E-state index in [9.17, 15) is 4.79 Å². The summed E-state index contributed by atoms with van der Waals surface area (Å²) in [6.07, 6.45) is 1.48. The highest BCUT2D eigenvalue weighted by Gasteiger charge is 2.10. The van der Waals surface area contributed by atoms with Crippen molar-refractivity contribution in [3.8, 4) is 0 Å². The van der Waals surface area contributed by atoms with Crippen molar-refractivity contribution in [2.24, 2.45) is 0 Å². The molecule has 0 saturated heterocycles. The van der Waals surface area contributed by atoms with Crippen molar-refractivity contribution in [3.05, 3.63) is 57.0 Å². The van der Waals surface area contributed by atoms with Crippen molar-refractivity contribution in [1.29, 1.82) is 0 Å². The lowest BCUT2D eigenvalue weighted by Crippen LogP contribution is -2.23. The first-order valence-electron chi connectivity index (χ1n) is 5.57. The molecule has 4 nitrogen and oxygen atoms in total. The molecule has 0 fully saturated rings. The predicted molar refractivity (Wildman–Crippen MR) is 77.1 cm³/mol. The molecule has 0 radical (unpaired) electrons. The van der Waals surface area contributed by atoms with Crippen LogP contribution in [0.2, 0.25) is 5.02 Å². The normalized spacial score (nSPS) is 10.3. The van der Waals surface area contributed by atoms with E-state index in [0.29, 0.717) is 17.1 Å². The van der Waals surface area contributed by atoms with Gasteiger partial charge in [0.1, 0.15) is 6.33 Å². The summed E-state index contributed by atoms with van der Waals surface area (Å²) >= 11 is 9.30. The van der Waals surface area contributed by atoms with Crippen LogP contribution in [0.4, 0.5) is 0 Å². The number of aryl methyl sites for hydroxylation is 1. The van der Waals surface area contributed by atoms with Crippen LogP contribution in [0.5, 0.6) is 0 Å². The number of amides is 1. The summed E-state index contributed by atoms with van der Waals surface area (Å²) in [6, 6.07) is 6.97. The predicted octanol–water partition coefficient (Wildman–Crippen LogP) is 3.13. The SMILES string of the molecule is Cc1cc(CNC(=O)c2cc(Br)ccc2Cl)ncn1. The van der Waals surface area contributed by atoms with Gasteiger partial charge in [0.15, 0.2) is 0 Å². The van der Waals surface area contributed by atoms with Crippen LogP contribution in [-0.4, -0.2) is 15.9 Å². The number of carbonyl (C=O) groups excluding carboxylic acids is 1. The second kappa shape index (κ2) is 6.12. The van der Waals surface area contributed by atoms with Crippen LogP contribution in [0.15, 0.2) is 35.1 Å². The third-order valence-corrected chi connectivity index (χ3v) is 3.29. The number of hydrogen-bond acceptors (Lipinski definition) is 3. The Morgan fingerprint density at radius 1 is 1.37 bits per heavy atom. The smallest absolute Gasteiger partial charge is 0.253 e. The van der Waals surface area contributed by atoms with Crippen LogP contribution in [0.3, 0.4) is 0 Å². The van der Waals surface area contributed by atoms with Crippen LogP contribution < -0.4 is 5.32 Å². The van der Waals surface area contributed by atoms with Crippen molar-refractivity contribution in [3.63, 3.8) is 0 Å². The van der Waals surface area contributed by atoms with Crippen molar-refractivity contribution in [1.82, 2.24) is 15.3 Å². The van der Waals surface area contributed by atoms with E-state index < -0.39 is 0 Å². The van der Waals surface area contributed by atoms with Crippen molar-refractivity contribution in [2.45, 2.75) is 13.5 Å². The average Bonchev–Trinajstić information content (AvgIpc) is 2.39. The first-order valence-corrected chi connectivity index (χ1v) is 6.74. The number of rotatable bonds is 3. The zero-order valence-corrected chi connectivity index (χ0v) is 12.5. The molecule has 1 aromatic carbocycles. The summed E-state index contributed by atoms with van der Waals surface area (Å²) in [5.41, 5.74) is 2.05. The number of benzene rings is 1. The Morgan fingerprint density at radius 2 is 2.16 bits per heavy atom. The number of hydrogen-bond donors (Lipinski definition) is 1. The molecule has 98 valence electrons. The maximum atomic E-state index is 12.0. The van der Waals surface area contributed by atoms with E-state index in [1.54, 1.807) is 18.2 Å². The molecule has 1 N–H and O–H groups in total. The van der Waals surface area contributed by atoms with Crippen LogP contribution in [0.25, 0.3) is 0 Å². The second-order valence-corrected chi connectivity index (χ2v) is 5.28. The van der Waals surface area contributed by atoms with Crippen molar-refractivity contribution >= 4 is 33.4 Å². The number of halogens is 2. The molecule has 6 heteroatoms. The van der Waals surface area contributed by atoms with E-state index in [-0.39, 0.29) is 5.91 Å². The van der Waals surface area contributed by atoms with Gasteiger partial charge < -0.3 is 5.32 Å². The van der Waals surface area contributed by atoms with Gasteiger partial charge in [0.2, 0.25) is 0 Å². The third-order valence-electron chi connectivity index (χ3n) is 2.46. The zero-order valence-electron chi connectivity index (χ0n) is 10.2. The highest BCUT2D eigenvalue weighted by molar-refractivity contribution is 9.10. The lowest BCUT2D eigenvalue weighted by Gasteiger charge is -2.07. The van der Waals surface area contributed by atoms with Crippen LogP contribution in [-0.2, 0) is 6.54 Å². The Labute approximate surface area is 124 Å².